The minimum Gasteiger partial charge on any atom is -0.360 e. The lowest BCUT2D eigenvalue weighted by Crippen LogP contribution is -2.17. The summed E-state index contributed by atoms with van der Waals surface area (Å²) < 4.78 is 5.23. The summed E-state index contributed by atoms with van der Waals surface area (Å²) in [6.45, 7) is 3.63. The van der Waals surface area contributed by atoms with Crippen LogP contribution in [0.25, 0.3) is 21.5 Å². The van der Waals surface area contributed by atoms with Crippen LogP contribution >= 0.6 is 11.3 Å². The van der Waals surface area contributed by atoms with Crippen molar-refractivity contribution in [1.29, 1.82) is 0 Å². The number of nitrogens with zero attached hydrogens (tertiary/aromatic N) is 3. The van der Waals surface area contributed by atoms with Gasteiger partial charge in [0, 0.05) is 18.0 Å². The Morgan fingerprint density at radius 3 is 2.80 bits per heavy atom. The zero-order valence-corrected chi connectivity index (χ0v) is 15.1. The molecule has 0 atom stereocenters. The Labute approximate surface area is 150 Å². The largest absolute Gasteiger partial charge is 0.360 e. The highest BCUT2D eigenvalue weighted by atomic mass is 32.1. The van der Waals surface area contributed by atoms with Gasteiger partial charge < -0.3 is 4.52 Å². The molecule has 25 heavy (non-hydrogen) atoms. The lowest BCUT2D eigenvalue weighted by molar-refractivity contribution is 0.267. The highest BCUT2D eigenvalue weighted by Crippen LogP contribution is 2.31. The molecule has 0 aliphatic carbocycles. The molecule has 0 aliphatic heterocycles. The van der Waals surface area contributed by atoms with Gasteiger partial charge in [-0.2, -0.15) is 0 Å². The number of pyridine rings is 1. The van der Waals surface area contributed by atoms with Gasteiger partial charge in [-0.25, -0.2) is 4.98 Å². The Morgan fingerprint density at radius 2 is 2.04 bits per heavy atom. The average Bonchev–Trinajstić information content (AvgIpc) is 3.28. The molecule has 0 spiro atoms. The summed E-state index contributed by atoms with van der Waals surface area (Å²) in [7, 11) is 2.08. The molecule has 0 amide bonds. The molecule has 0 aliphatic rings. The second-order valence-electron chi connectivity index (χ2n) is 6.27. The van der Waals surface area contributed by atoms with Gasteiger partial charge in [0.2, 0.25) is 0 Å². The van der Waals surface area contributed by atoms with E-state index < -0.39 is 0 Å². The Balaban J connectivity index is 1.74. The van der Waals surface area contributed by atoms with E-state index in [1.165, 1.54) is 21.4 Å². The molecule has 0 saturated heterocycles. The Hall–Kier alpha value is -2.50. The number of benzene rings is 1. The summed E-state index contributed by atoms with van der Waals surface area (Å²) in [5.41, 5.74) is 4.58. The maximum absolute atomic E-state index is 5.23. The summed E-state index contributed by atoms with van der Waals surface area (Å²) in [6.07, 6.45) is 1.68. The van der Waals surface area contributed by atoms with Crippen LogP contribution in [0.3, 0.4) is 0 Å². The first-order valence-corrected chi connectivity index (χ1v) is 9.10. The topological polar surface area (TPSA) is 42.2 Å². The van der Waals surface area contributed by atoms with Crippen LogP contribution in [0, 0.1) is 6.92 Å². The van der Waals surface area contributed by atoms with E-state index in [1.54, 1.807) is 17.5 Å². The van der Waals surface area contributed by atoms with Gasteiger partial charge in [-0.15, -0.1) is 11.3 Å². The second-order valence-corrected chi connectivity index (χ2v) is 7.22. The first-order valence-electron chi connectivity index (χ1n) is 8.22. The number of thiophene rings is 1. The molecule has 0 N–H and O–H groups in total. The predicted octanol–water partition coefficient (Wildman–Crippen LogP) is 4.89. The quantitative estimate of drug-likeness (QED) is 0.514. The van der Waals surface area contributed by atoms with Crippen LogP contribution in [0.15, 0.2) is 58.6 Å². The van der Waals surface area contributed by atoms with Crippen molar-refractivity contribution < 1.29 is 4.52 Å². The van der Waals surface area contributed by atoms with Gasteiger partial charge >= 0.3 is 0 Å². The van der Waals surface area contributed by atoms with Gasteiger partial charge in [-0.1, -0.05) is 29.4 Å². The van der Waals surface area contributed by atoms with Crippen molar-refractivity contribution in [2.45, 2.75) is 20.0 Å². The molecule has 0 fully saturated rings. The molecule has 126 valence electrons. The third-order valence-electron chi connectivity index (χ3n) is 4.24. The third-order valence-corrected chi connectivity index (χ3v) is 5.11. The minimum absolute atomic E-state index is 0.718. The van der Waals surface area contributed by atoms with Gasteiger partial charge in [0.05, 0.1) is 28.8 Å². The lowest BCUT2D eigenvalue weighted by atomic mass is 10.0. The maximum Gasteiger partial charge on any atom is 0.150 e. The van der Waals surface area contributed by atoms with E-state index in [9.17, 15) is 0 Å². The van der Waals surface area contributed by atoms with Crippen molar-refractivity contribution in [2.24, 2.45) is 0 Å². The molecular weight excluding hydrogens is 330 g/mol. The maximum atomic E-state index is 5.23. The Bertz CT molecular complexity index is 978. The van der Waals surface area contributed by atoms with E-state index in [1.807, 2.05) is 6.07 Å². The van der Waals surface area contributed by atoms with E-state index in [2.05, 4.69) is 65.8 Å². The number of hydrogen-bond donors (Lipinski definition) is 0. The van der Waals surface area contributed by atoms with Gasteiger partial charge in [-0.05, 0) is 42.6 Å². The van der Waals surface area contributed by atoms with Crippen molar-refractivity contribution in [3.05, 3.63) is 70.9 Å². The molecule has 0 unspecified atom stereocenters. The van der Waals surface area contributed by atoms with Crippen molar-refractivity contribution in [1.82, 2.24) is 15.0 Å². The smallest absolute Gasteiger partial charge is 0.150 e. The summed E-state index contributed by atoms with van der Waals surface area (Å²) in [4.78, 5) is 8.44. The number of aromatic nitrogens is 2. The molecular formula is C20H19N3OS. The standard InChI is InChI=1S/C20H19N3OS/c1-14-5-3-6-15-11-16(12-23(2)13-17-8-9-21-24-17)20(22-19(14)15)18-7-4-10-25-18/h3-11H,12-13H2,1-2H3. The van der Waals surface area contributed by atoms with Crippen LogP contribution in [0.5, 0.6) is 0 Å². The van der Waals surface area contributed by atoms with Crippen molar-refractivity contribution in [2.75, 3.05) is 7.05 Å². The van der Waals surface area contributed by atoms with E-state index in [-0.39, 0.29) is 0 Å². The minimum atomic E-state index is 0.718. The Kier molecular flexibility index (Phi) is 4.34. The summed E-state index contributed by atoms with van der Waals surface area (Å²) in [5, 5.41) is 7.06. The summed E-state index contributed by atoms with van der Waals surface area (Å²) in [6, 6.07) is 14.7. The third kappa shape index (κ3) is 3.34. The first kappa shape index (κ1) is 16.0. The fourth-order valence-corrected chi connectivity index (χ4v) is 3.82. The van der Waals surface area contributed by atoms with Crippen LogP contribution in [0.4, 0.5) is 0 Å². The molecule has 3 aromatic heterocycles. The van der Waals surface area contributed by atoms with E-state index >= 15 is 0 Å². The van der Waals surface area contributed by atoms with Crippen LogP contribution in [0.1, 0.15) is 16.9 Å². The van der Waals surface area contributed by atoms with Gasteiger partial charge in [0.25, 0.3) is 0 Å². The second kappa shape index (κ2) is 6.78. The fourth-order valence-electron chi connectivity index (χ4n) is 3.07. The molecule has 3 heterocycles. The van der Waals surface area contributed by atoms with Crippen molar-refractivity contribution >= 4 is 22.2 Å². The average molecular weight is 349 g/mol. The number of fused-ring (bicyclic) bond motifs is 1. The monoisotopic (exact) mass is 349 g/mol. The predicted molar refractivity (Wildman–Crippen MR) is 101 cm³/mol. The van der Waals surface area contributed by atoms with Crippen molar-refractivity contribution in [3.63, 3.8) is 0 Å². The molecule has 4 rings (SSSR count). The van der Waals surface area contributed by atoms with Gasteiger partial charge in [-0.3, -0.25) is 4.90 Å². The van der Waals surface area contributed by atoms with Crippen LogP contribution in [-0.4, -0.2) is 22.1 Å². The summed E-state index contributed by atoms with van der Waals surface area (Å²) in [5.74, 6) is 0.866. The van der Waals surface area contributed by atoms with Crippen LogP contribution < -0.4 is 0 Å². The summed E-state index contributed by atoms with van der Waals surface area (Å²) >= 11 is 1.73. The highest BCUT2D eigenvalue weighted by Gasteiger charge is 2.14. The zero-order valence-electron chi connectivity index (χ0n) is 14.3. The molecule has 4 aromatic rings. The first-order chi connectivity index (χ1) is 12.2. The normalized spacial score (nSPS) is 11.5. The van der Waals surface area contributed by atoms with E-state index in [0.29, 0.717) is 0 Å². The van der Waals surface area contributed by atoms with Crippen LogP contribution in [0.2, 0.25) is 0 Å². The van der Waals surface area contributed by atoms with Gasteiger partial charge in [0.15, 0.2) is 5.76 Å². The highest BCUT2D eigenvalue weighted by molar-refractivity contribution is 7.13. The number of para-hydroxylation sites is 1. The molecule has 1 aromatic carbocycles. The number of hydrogen-bond acceptors (Lipinski definition) is 5. The molecule has 0 radical (unpaired) electrons. The zero-order chi connectivity index (χ0) is 17.2. The number of rotatable bonds is 5. The van der Waals surface area contributed by atoms with Crippen molar-refractivity contribution in [3.8, 4) is 10.6 Å². The molecule has 0 bridgehead atoms. The molecule has 0 saturated carbocycles. The van der Waals surface area contributed by atoms with E-state index in [0.717, 1.165) is 30.1 Å². The number of aryl methyl sites for hydroxylation is 1. The van der Waals surface area contributed by atoms with Crippen LogP contribution in [-0.2, 0) is 13.1 Å². The molecule has 5 heteroatoms. The lowest BCUT2D eigenvalue weighted by Gasteiger charge is -2.18. The Morgan fingerprint density at radius 1 is 1.12 bits per heavy atom. The SMILES string of the molecule is Cc1cccc2cc(CN(C)Cc3ccno3)c(-c3cccs3)nc12. The van der Waals surface area contributed by atoms with E-state index in [4.69, 9.17) is 9.51 Å². The fraction of sp³-hybridized carbons (Fsp3) is 0.200. The van der Waals surface area contributed by atoms with Gasteiger partial charge in [0.1, 0.15) is 0 Å². The molecule has 4 nitrogen and oxygen atoms in total.